The van der Waals surface area contributed by atoms with E-state index in [1.807, 2.05) is 30.3 Å². The van der Waals surface area contributed by atoms with Crippen LogP contribution >= 0.6 is 39.0 Å². The summed E-state index contributed by atoms with van der Waals surface area (Å²) in [5, 5.41) is 13.8. The summed E-state index contributed by atoms with van der Waals surface area (Å²) >= 11 is 6.62. The third-order valence-electron chi connectivity index (χ3n) is 4.50. The SMILES string of the molecule is COc1cc(/C=N/NC(=O)c2ccc(CSc3nc4ccccc4s3)cc2)cc(Br)c1O. The molecule has 4 rings (SSSR count). The van der Waals surface area contributed by atoms with Gasteiger partial charge in [-0.25, -0.2) is 10.4 Å². The lowest BCUT2D eigenvalue weighted by Crippen LogP contribution is -2.17. The van der Waals surface area contributed by atoms with E-state index in [1.54, 1.807) is 47.4 Å². The van der Waals surface area contributed by atoms with E-state index in [1.165, 1.54) is 18.0 Å². The van der Waals surface area contributed by atoms with E-state index >= 15 is 0 Å². The number of halogens is 1. The Morgan fingerprint density at radius 1 is 1.25 bits per heavy atom. The molecule has 0 unspecified atom stereocenters. The van der Waals surface area contributed by atoms with Gasteiger partial charge in [-0.15, -0.1) is 11.3 Å². The summed E-state index contributed by atoms with van der Waals surface area (Å²) in [6, 6.07) is 18.8. The van der Waals surface area contributed by atoms with Crippen LogP contribution in [0.3, 0.4) is 0 Å². The number of fused-ring (bicyclic) bond motifs is 1. The molecule has 2 N–H and O–H groups in total. The van der Waals surface area contributed by atoms with Gasteiger partial charge in [0, 0.05) is 11.3 Å². The van der Waals surface area contributed by atoms with E-state index in [9.17, 15) is 9.90 Å². The van der Waals surface area contributed by atoms with E-state index in [0.717, 1.165) is 21.2 Å². The number of hydrazone groups is 1. The molecule has 1 aromatic heterocycles. The van der Waals surface area contributed by atoms with Crippen molar-refractivity contribution in [2.75, 3.05) is 7.11 Å². The molecule has 4 aromatic rings. The van der Waals surface area contributed by atoms with Crippen LogP contribution in [0.1, 0.15) is 21.5 Å². The summed E-state index contributed by atoms with van der Waals surface area (Å²) in [5.74, 6) is 0.787. The maximum Gasteiger partial charge on any atom is 0.271 e. The van der Waals surface area contributed by atoms with Gasteiger partial charge in [0.15, 0.2) is 15.8 Å². The normalized spacial score (nSPS) is 11.2. The molecule has 0 saturated heterocycles. The molecule has 0 bridgehead atoms. The van der Waals surface area contributed by atoms with Gasteiger partial charge >= 0.3 is 0 Å². The van der Waals surface area contributed by atoms with Crippen molar-refractivity contribution >= 4 is 61.4 Å². The second kappa shape index (κ2) is 10.2. The van der Waals surface area contributed by atoms with E-state index in [4.69, 9.17) is 4.74 Å². The minimum atomic E-state index is -0.309. The Bertz CT molecular complexity index is 1260. The van der Waals surface area contributed by atoms with Crippen molar-refractivity contribution in [1.29, 1.82) is 0 Å². The number of amides is 1. The second-order valence-electron chi connectivity index (χ2n) is 6.69. The van der Waals surface area contributed by atoms with Gasteiger partial charge in [0.05, 0.1) is 28.0 Å². The minimum absolute atomic E-state index is 0.00933. The Kier molecular flexibility index (Phi) is 7.09. The molecule has 162 valence electrons. The average molecular weight is 528 g/mol. The molecule has 1 heterocycles. The number of carbonyl (C=O) groups excluding carboxylic acids is 1. The van der Waals surface area contributed by atoms with Crippen LogP contribution in [0.15, 0.2) is 74.6 Å². The standard InChI is InChI=1S/C23H18BrN3O3S2/c1-30-19-11-15(10-17(24)21(19)28)12-25-27-22(29)16-8-6-14(7-9-16)13-31-23-26-18-4-2-3-5-20(18)32-23/h2-12,28H,13H2,1H3,(H,27,29)/b25-12+. The van der Waals surface area contributed by atoms with Gasteiger partial charge in [-0.3, -0.25) is 4.79 Å². The zero-order valence-electron chi connectivity index (χ0n) is 16.9. The van der Waals surface area contributed by atoms with Gasteiger partial charge in [0.2, 0.25) is 0 Å². The molecule has 0 aliphatic heterocycles. The summed E-state index contributed by atoms with van der Waals surface area (Å²) in [7, 11) is 1.46. The van der Waals surface area contributed by atoms with Gasteiger partial charge < -0.3 is 9.84 Å². The predicted molar refractivity (Wildman–Crippen MR) is 133 cm³/mol. The molecule has 1 amide bonds. The fourth-order valence-electron chi connectivity index (χ4n) is 2.86. The summed E-state index contributed by atoms with van der Waals surface area (Å²) < 4.78 is 7.79. The van der Waals surface area contributed by atoms with Crippen molar-refractivity contribution in [2.24, 2.45) is 5.10 Å². The Morgan fingerprint density at radius 3 is 2.78 bits per heavy atom. The summed E-state index contributed by atoms with van der Waals surface area (Å²) in [4.78, 5) is 17.0. The molecule has 0 saturated carbocycles. The van der Waals surface area contributed by atoms with Crippen LogP contribution < -0.4 is 10.2 Å². The molecular formula is C23H18BrN3O3S2. The Hall–Kier alpha value is -2.88. The number of rotatable bonds is 7. The first-order valence-electron chi connectivity index (χ1n) is 9.50. The number of aromatic nitrogens is 1. The fraction of sp³-hybridized carbons (Fsp3) is 0.0870. The van der Waals surface area contributed by atoms with Crippen LogP contribution in [-0.4, -0.2) is 29.3 Å². The molecule has 6 nitrogen and oxygen atoms in total. The van der Waals surface area contributed by atoms with Crippen molar-refractivity contribution in [2.45, 2.75) is 10.1 Å². The van der Waals surface area contributed by atoms with Crippen LogP contribution in [-0.2, 0) is 5.75 Å². The molecule has 9 heteroatoms. The number of hydrogen-bond donors (Lipinski definition) is 2. The molecule has 0 aliphatic rings. The fourth-order valence-corrected chi connectivity index (χ4v) is 5.35. The Labute approximate surface area is 201 Å². The quantitative estimate of drug-likeness (QED) is 0.179. The third-order valence-corrected chi connectivity index (χ3v) is 7.36. The van der Waals surface area contributed by atoms with Gasteiger partial charge in [0.25, 0.3) is 5.91 Å². The highest BCUT2D eigenvalue weighted by Gasteiger charge is 2.09. The van der Waals surface area contributed by atoms with Gasteiger partial charge in [-0.1, -0.05) is 36.0 Å². The maximum absolute atomic E-state index is 12.4. The largest absolute Gasteiger partial charge is 0.503 e. The van der Waals surface area contributed by atoms with Crippen molar-refractivity contribution in [3.05, 3.63) is 81.8 Å². The number of benzene rings is 3. The van der Waals surface area contributed by atoms with Crippen molar-refractivity contribution < 1.29 is 14.6 Å². The lowest BCUT2D eigenvalue weighted by atomic mass is 10.1. The lowest BCUT2D eigenvalue weighted by molar-refractivity contribution is 0.0955. The number of hydrogen-bond acceptors (Lipinski definition) is 7. The van der Waals surface area contributed by atoms with Crippen LogP contribution in [0.2, 0.25) is 0 Å². The number of phenolic OH excluding ortho intramolecular Hbond substituents is 1. The van der Waals surface area contributed by atoms with Crippen LogP contribution in [0.4, 0.5) is 0 Å². The Balaban J connectivity index is 1.33. The first-order valence-corrected chi connectivity index (χ1v) is 12.1. The van der Waals surface area contributed by atoms with Gasteiger partial charge in [-0.2, -0.15) is 5.10 Å². The smallest absolute Gasteiger partial charge is 0.271 e. The lowest BCUT2D eigenvalue weighted by Gasteiger charge is -2.06. The number of thioether (sulfide) groups is 1. The number of para-hydroxylation sites is 1. The monoisotopic (exact) mass is 527 g/mol. The number of carbonyl (C=O) groups is 1. The highest BCUT2D eigenvalue weighted by molar-refractivity contribution is 9.10. The first-order chi connectivity index (χ1) is 15.5. The zero-order valence-corrected chi connectivity index (χ0v) is 20.1. The van der Waals surface area contributed by atoms with Crippen molar-refractivity contribution in [3.8, 4) is 11.5 Å². The average Bonchev–Trinajstić information content (AvgIpc) is 3.23. The topological polar surface area (TPSA) is 83.8 Å². The Morgan fingerprint density at radius 2 is 2.03 bits per heavy atom. The number of aromatic hydroxyl groups is 1. The molecule has 0 atom stereocenters. The first kappa shape index (κ1) is 22.3. The molecule has 0 spiro atoms. The van der Waals surface area contributed by atoms with Crippen molar-refractivity contribution in [1.82, 2.24) is 10.4 Å². The van der Waals surface area contributed by atoms with Crippen LogP contribution in [0, 0.1) is 0 Å². The number of nitrogens with one attached hydrogen (secondary N) is 1. The maximum atomic E-state index is 12.4. The summed E-state index contributed by atoms with van der Waals surface area (Å²) in [5.41, 5.74) is 5.81. The van der Waals surface area contributed by atoms with Crippen molar-refractivity contribution in [3.63, 3.8) is 0 Å². The number of ether oxygens (including phenoxy) is 1. The summed E-state index contributed by atoms with van der Waals surface area (Å²) in [6.45, 7) is 0. The highest BCUT2D eigenvalue weighted by Crippen LogP contribution is 2.34. The number of thiazole rings is 1. The molecular weight excluding hydrogens is 510 g/mol. The number of phenols is 1. The zero-order chi connectivity index (χ0) is 22.5. The minimum Gasteiger partial charge on any atom is -0.503 e. The van der Waals surface area contributed by atoms with E-state index < -0.39 is 0 Å². The summed E-state index contributed by atoms with van der Waals surface area (Å²) in [6.07, 6.45) is 1.48. The third kappa shape index (κ3) is 5.29. The highest BCUT2D eigenvalue weighted by atomic mass is 79.9. The van der Waals surface area contributed by atoms with Gasteiger partial charge in [-0.05, 0) is 63.5 Å². The molecule has 0 fully saturated rings. The molecule has 3 aromatic carbocycles. The molecule has 0 radical (unpaired) electrons. The van der Waals surface area contributed by atoms with E-state index in [0.29, 0.717) is 21.3 Å². The van der Waals surface area contributed by atoms with E-state index in [-0.39, 0.29) is 11.7 Å². The van der Waals surface area contributed by atoms with E-state index in [2.05, 4.69) is 37.5 Å². The van der Waals surface area contributed by atoms with Crippen LogP contribution in [0.25, 0.3) is 10.2 Å². The molecule has 32 heavy (non-hydrogen) atoms. The second-order valence-corrected chi connectivity index (χ2v) is 9.79. The number of nitrogens with zero attached hydrogens (tertiary/aromatic N) is 2. The predicted octanol–water partition coefficient (Wildman–Crippen LogP) is 5.83. The number of methoxy groups -OCH3 is 1. The van der Waals surface area contributed by atoms with Gasteiger partial charge in [0.1, 0.15) is 0 Å². The van der Waals surface area contributed by atoms with Crippen LogP contribution in [0.5, 0.6) is 11.5 Å². The molecule has 0 aliphatic carbocycles.